The van der Waals surface area contributed by atoms with Gasteiger partial charge in [0.1, 0.15) is 12.6 Å². The molecule has 0 radical (unpaired) electrons. The standard InChI is InChI=1S/C26H28N4O5/c1-2-16(12-24(31)30-23(25(32)33)11-17-13-27-15-28-17)29-26(34)35-14-22-20-9-5-3-7-18(20)19-8-4-6-10-21(19)22/h3-10,13,15-16,22-23H,2,11-12,14H2,1H3,(H,27,28)(H,29,34)(H,30,31)(H,32,33). The van der Waals surface area contributed by atoms with Gasteiger partial charge in [-0.3, -0.25) is 4.79 Å². The monoisotopic (exact) mass is 476 g/mol. The number of carbonyl (C=O) groups is 3. The smallest absolute Gasteiger partial charge is 0.407 e. The summed E-state index contributed by atoms with van der Waals surface area (Å²) in [5, 5.41) is 14.7. The van der Waals surface area contributed by atoms with Crippen LogP contribution in [0.2, 0.25) is 0 Å². The molecule has 0 aliphatic heterocycles. The average molecular weight is 477 g/mol. The first-order valence-electron chi connectivity index (χ1n) is 11.6. The maximum atomic E-state index is 12.5. The molecule has 9 heteroatoms. The highest BCUT2D eigenvalue weighted by molar-refractivity contribution is 5.84. The van der Waals surface area contributed by atoms with Gasteiger partial charge in [0.05, 0.1) is 6.33 Å². The molecule has 4 N–H and O–H groups in total. The number of aromatic amines is 1. The molecule has 1 heterocycles. The topological polar surface area (TPSA) is 133 Å². The summed E-state index contributed by atoms with van der Waals surface area (Å²) in [5.74, 6) is -1.68. The molecule has 0 saturated heterocycles. The Hall–Kier alpha value is -4.14. The molecule has 2 aromatic carbocycles. The zero-order valence-corrected chi connectivity index (χ0v) is 19.4. The predicted molar refractivity (Wildman–Crippen MR) is 129 cm³/mol. The third-order valence-electron chi connectivity index (χ3n) is 6.20. The minimum atomic E-state index is -1.15. The average Bonchev–Trinajstić information content (AvgIpc) is 3.48. The number of nitrogens with zero attached hydrogens (tertiary/aromatic N) is 1. The zero-order valence-electron chi connectivity index (χ0n) is 19.4. The van der Waals surface area contributed by atoms with Crippen molar-refractivity contribution >= 4 is 18.0 Å². The van der Waals surface area contributed by atoms with Gasteiger partial charge in [0.15, 0.2) is 0 Å². The maximum Gasteiger partial charge on any atom is 0.407 e. The Kier molecular flexibility index (Phi) is 7.45. The highest BCUT2D eigenvalue weighted by atomic mass is 16.5. The van der Waals surface area contributed by atoms with Crippen LogP contribution in [0.15, 0.2) is 61.1 Å². The number of carboxylic acid groups (broad SMARTS) is 1. The van der Waals surface area contributed by atoms with Crippen molar-refractivity contribution in [2.24, 2.45) is 0 Å². The molecule has 0 spiro atoms. The van der Waals surface area contributed by atoms with Gasteiger partial charge >= 0.3 is 12.1 Å². The molecule has 0 fully saturated rings. The number of alkyl carbamates (subject to hydrolysis) is 1. The molecule has 9 nitrogen and oxygen atoms in total. The molecule has 1 aliphatic rings. The second-order valence-electron chi connectivity index (χ2n) is 8.52. The lowest BCUT2D eigenvalue weighted by Gasteiger charge is -2.20. The normalized spacial score (nSPS) is 13.9. The van der Waals surface area contributed by atoms with Crippen molar-refractivity contribution in [1.82, 2.24) is 20.6 Å². The van der Waals surface area contributed by atoms with Crippen LogP contribution in [-0.2, 0) is 20.7 Å². The van der Waals surface area contributed by atoms with Crippen LogP contribution in [0, 0.1) is 0 Å². The Balaban J connectivity index is 1.31. The molecule has 4 rings (SSSR count). The molecular weight excluding hydrogens is 448 g/mol. The molecule has 182 valence electrons. The van der Waals surface area contributed by atoms with E-state index in [0.29, 0.717) is 12.1 Å². The summed E-state index contributed by atoms with van der Waals surface area (Å²) >= 11 is 0. The van der Waals surface area contributed by atoms with Gasteiger partial charge in [0.2, 0.25) is 5.91 Å². The van der Waals surface area contributed by atoms with Crippen molar-refractivity contribution in [3.63, 3.8) is 0 Å². The molecular formula is C26H28N4O5. The number of fused-ring (bicyclic) bond motifs is 3. The molecule has 1 aromatic heterocycles. The first-order chi connectivity index (χ1) is 17.0. The zero-order chi connectivity index (χ0) is 24.8. The highest BCUT2D eigenvalue weighted by Crippen LogP contribution is 2.44. The summed E-state index contributed by atoms with van der Waals surface area (Å²) < 4.78 is 5.56. The fraction of sp³-hybridized carbons (Fsp3) is 0.308. The van der Waals surface area contributed by atoms with Crippen LogP contribution in [0.3, 0.4) is 0 Å². The van der Waals surface area contributed by atoms with E-state index in [2.05, 4.69) is 32.7 Å². The van der Waals surface area contributed by atoms with Crippen molar-refractivity contribution in [2.75, 3.05) is 6.61 Å². The van der Waals surface area contributed by atoms with Crippen LogP contribution >= 0.6 is 0 Å². The largest absolute Gasteiger partial charge is 0.480 e. The van der Waals surface area contributed by atoms with Crippen LogP contribution < -0.4 is 10.6 Å². The van der Waals surface area contributed by atoms with Crippen LogP contribution in [0.1, 0.15) is 42.5 Å². The second kappa shape index (κ2) is 10.9. The molecule has 1 aliphatic carbocycles. The number of benzene rings is 2. The number of rotatable bonds is 10. The van der Waals surface area contributed by atoms with Crippen LogP contribution in [-0.4, -0.2) is 51.7 Å². The van der Waals surface area contributed by atoms with Gasteiger partial charge in [-0.15, -0.1) is 0 Å². The quantitative estimate of drug-likeness (QED) is 0.355. The number of imidazole rings is 1. The van der Waals surface area contributed by atoms with E-state index in [0.717, 1.165) is 22.3 Å². The number of H-pyrrole nitrogens is 1. The number of hydrogen-bond donors (Lipinski definition) is 4. The third-order valence-corrected chi connectivity index (χ3v) is 6.20. The van der Waals surface area contributed by atoms with Gasteiger partial charge in [-0.05, 0) is 28.7 Å². The van der Waals surface area contributed by atoms with Gasteiger partial charge in [0, 0.05) is 36.7 Å². The summed E-state index contributed by atoms with van der Waals surface area (Å²) in [5.41, 5.74) is 5.11. The fourth-order valence-corrected chi connectivity index (χ4v) is 4.40. The van der Waals surface area contributed by atoms with E-state index in [4.69, 9.17) is 4.74 Å². The van der Waals surface area contributed by atoms with E-state index in [9.17, 15) is 19.5 Å². The maximum absolute atomic E-state index is 12.5. The number of hydrogen-bond acceptors (Lipinski definition) is 5. The molecule has 3 aromatic rings. The van der Waals surface area contributed by atoms with Crippen LogP contribution in [0.4, 0.5) is 4.79 Å². The first kappa shape index (κ1) is 24.0. The first-order valence-corrected chi connectivity index (χ1v) is 11.6. The number of carboxylic acids is 1. The van der Waals surface area contributed by atoms with Gasteiger partial charge in [-0.1, -0.05) is 55.5 Å². The highest BCUT2D eigenvalue weighted by Gasteiger charge is 2.29. The predicted octanol–water partition coefficient (Wildman–Crippen LogP) is 3.23. The van der Waals surface area contributed by atoms with E-state index >= 15 is 0 Å². The van der Waals surface area contributed by atoms with E-state index in [-0.39, 0.29) is 25.4 Å². The summed E-state index contributed by atoms with van der Waals surface area (Å²) in [6.45, 7) is 2.01. The van der Waals surface area contributed by atoms with E-state index < -0.39 is 30.1 Å². The lowest BCUT2D eigenvalue weighted by molar-refractivity contribution is -0.141. The Morgan fingerprint density at radius 2 is 1.71 bits per heavy atom. The van der Waals surface area contributed by atoms with Crippen LogP contribution in [0.25, 0.3) is 11.1 Å². The van der Waals surface area contributed by atoms with Crippen molar-refractivity contribution in [3.8, 4) is 11.1 Å². The van der Waals surface area contributed by atoms with E-state index in [1.165, 1.54) is 12.5 Å². The number of aromatic nitrogens is 2. The minimum absolute atomic E-state index is 0.0599. The Bertz CT molecular complexity index is 1150. The minimum Gasteiger partial charge on any atom is -0.480 e. The Labute approximate surface area is 202 Å². The Morgan fingerprint density at radius 1 is 1.06 bits per heavy atom. The summed E-state index contributed by atoms with van der Waals surface area (Å²) in [6, 6.07) is 14.6. The van der Waals surface area contributed by atoms with Crippen molar-refractivity contribution in [2.45, 2.75) is 44.2 Å². The van der Waals surface area contributed by atoms with Gasteiger partial charge < -0.3 is 25.5 Å². The summed E-state index contributed by atoms with van der Waals surface area (Å²) in [6.07, 6.45) is 2.84. The van der Waals surface area contributed by atoms with Crippen molar-refractivity contribution in [3.05, 3.63) is 77.9 Å². The van der Waals surface area contributed by atoms with Gasteiger partial charge in [-0.2, -0.15) is 0 Å². The number of nitrogens with one attached hydrogen (secondary N) is 3. The van der Waals surface area contributed by atoms with E-state index in [1.807, 2.05) is 43.3 Å². The molecule has 0 bridgehead atoms. The fourth-order valence-electron chi connectivity index (χ4n) is 4.40. The molecule has 2 amide bonds. The van der Waals surface area contributed by atoms with Gasteiger partial charge in [-0.25, -0.2) is 14.6 Å². The lowest BCUT2D eigenvalue weighted by Crippen LogP contribution is -2.45. The number of carbonyl (C=O) groups excluding carboxylic acids is 2. The SMILES string of the molecule is CCC(CC(=O)NC(Cc1cnc[nH]1)C(=O)O)NC(=O)OCC1c2ccccc2-c2ccccc21. The van der Waals surface area contributed by atoms with Gasteiger partial charge in [0.25, 0.3) is 0 Å². The summed E-state index contributed by atoms with van der Waals surface area (Å²) in [7, 11) is 0. The molecule has 2 unspecified atom stereocenters. The summed E-state index contributed by atoms with van der Waals surface area (Å²) in [4.78, 5) is 43.3. The van der Waals surface area contributed by atoms with Crippen molar-refractivity contribution in [1.29, 1.82) is 0 Å². The Morgan fingerprint density at radius 3 is 2.29 bits per heavy atom. The molecule has 2 atom stereocenters. The third kappa shape index (κ3) is 5.68. The second-order valence-corrected chi connectivity index (χ2v) is 8.52. The van der Waals surface area contributed by atoms with Crippen molar-refractivity contribution < 1.29 is 24.2 Å². The lowest BCUT2D eigenvalue weighted by atomic mass is 9.98. The number of ether oxygens (including phenoxy) is 1. The van der Waals surface area contributed by atoms with Crippen LogP contribution in [0.5, 0.6) is 0 Å². The number of amides is 2. The van der Waals surface area contributed by atoms with E-state index in [1.54, 1.807) is 0 Å². The number of aliphatic carboxylic acids is 1. The molecule has 0 saturated carbocycles. The molecule has 35 heavy (non-hydrogen) atoms.